The minimum Gasteiger partial charge on any atom is -0.394 e. The Morgan fingerprint density at radius 3 is 2.25 bits per heavy atom. The molecule has 0 spiro atoms. The lowest BCUT2D eigenvalue weighted by Crippen LogP contribution is -2.39. The Kier molecular flexibility index (Phi) is 6.34. The molecule has 0 bridgehead atoms. The van der Waals surface area contributed by atoms with Crippen LogP contribution in [0.2, 0.25) is 0 Å². The Bertz CT molecular complexity index is 107. The molecule has 12 heavy (non-hydrogen) atoms. The Balaban J connectivity index is 3.58. The second-order valence-corrected chi connectivity index (χ2v) is 3.50. The fourth-order valence-electron chi connectivity index (χ4n) is 1.20. The van der Waals surface area contributed by atoms with E-state index in [0.717, 1.165) is 6.42 Å². The van der Waals surface area contributed by atoms with Crippen molar-refractivity contribution < 1.29 is 10.2 Å². The highest BCUT2D eigenvalue weighted by Crippen LogP contribution is 2.04. The predicted molar refractivity (Wildman–Crippen MR) is 50.0 cm³/mol. The molecule has 0 saturated carbocycles. The molecule has 0 aliphatic rings. The molecule has 1 unspecified atom stereocenters. The molecule has 0 aromatic rings. The van der Waals surface area contributed by atoms with Crippen molar-refractivity contribution in [3.63, 3.8) is 0 Å². The lowest BCUT2D eigenvalue weighted by Gasteiger charge is -2.21. The van der Waals surface area contributed by atoms with E-state index in [0.29, 0.717) is 18.5 Å². The smallest absolute Gasteiger partial charge is 0.0895 e. The Morgan fingerprint density at radius 2 is 1.92 bits per heavy atom. The van der Waals surface area contributed by atoms with Crippen LogP contribution in [0.1, 0.15) is 27.2 Å². The average molecular weight is 175 g/mol. The van der Waals surface area contributed by atoms with Gasteiger partial charge in [-0.05, 0) is 12.3 Å². The second kappa shape index (κ2) is 6.40. The van der Waals surface area contributed by atoms with Gasteiger partial charge in [-0.3, -0.25) is 0 Å². The van der Waals surface area contributed by atoms with E-state index < -0.39 is 6.10 Å². The average Bonchev–Trinajstić information content (AvgIpc) is 2.04. The van der Waals surface area contributed by atoms with Crippen molar-refractivity contribution in [2.45, 2.75) is 39.3 Å². The maximum Gasteiger partial charge on any atom is 0.0895 e. The maximum absolute atomic E-state index is 9.07. The van der Waals surface area contributed by atoms with Gasteiger partial charge in [-0.25, -0.2) is 0 Å². The first-order valence-corrected chi connectivity index (χ1v) is 4.64. The third kappa shape index (κ3) is 4.70. The molecule has 0 aliphatic heterocycles. The van der Waals surface area contributed by atoms with Crippen LogP contribution in [-0.4, -0.2) is 35.5 Å². The normalized spacial score (nSPS) is 16.5. The third-order valence-corrected chi connectivity index (χ3v) is 2.07. The van der Waals surface area contributed by atoms with Crippen LogP contribution in [0.25, 0.3) is 0 Å². The molecule has 0 saturated heterocycles. The van der Waals surface area contributed by atoms with Crippen LogP contribution in [0.5, 0.6) is 0 Å². The SMILES string of the molecule is CCC(NC[C@H](O)CO)C(C)C. The quantitative estimate of drug-likeness (QED) is 0.546. The van der Waals surface area contributed by atoms with E-state index in [9.17, 15) is 0 Å². The van der Waals surface area contributed by atoms with E-state index in [-0.39, 0.29) is 6.61 Å². The Morgan fingerprint density at radius 1 is 1.33 bits per heavy atom. The molecule has 3 heteroatoms. The van der Waals surface area contributed by atoms with Gasteiger partial charge in [0.15, 0.2) is 0 Å². The fourth-order valence-corrected chi connectivity index (χ4v) is 1.20. The van der Waals surface area contributed by atoms with Crippen LogP contribution >= 0.6 is 0 Å². The third-order valence-electron chi connectivity index (χ3n) is 2.07. The molecule has 0 aromatic heterocycles. The molecular formula is C9H21NO2. The van der Waals surface area contributed by atoms with Crippen molar-refractivity contribution in [3.05, 3.63) is 0 Å². The molecule has 0 heterocycles. The number of aliphatic hydroxyl groups excluding tert-OH is 2. The minimum absolute atomic E-state index is 0.165. The van der Waals surface area contributed by atoms with Crippen molar-refractivity contribution in [2.24, 2.45) is 5.92 Å². The van der Waals surface area contributed by atoms with E-state index in [1.807, 2.05) is 0 Å². The highest BCUT2D eigenvalue weighted by atomic mass is 16.3. The number of hydrogen-bond donors (Lipinski definition) is 3. The molecule has 0 fully saturated rings. The number of rotatable bonds is 6. The van der Waals surface area contributed by atoms with Gasteiger partial charge in [0, 0.05) is 12.6 Å². The van der Waals surface area contributed by atoms with Crippen LogP contribution in [0.3, 0.4) is 0 Å². The zero-order chi connectivity index (χ0) is 9.56. The first-order chi connectivity index (χ1) is 5.61. The van der Waals surface area contributed by atoms with Crippen LogP contribution in [0, 0.1) is 5.92 Å². The van der Waals surface area contributed by atoms with E-state index in [1.165, 1.54) is 0 Å². The topological polar surface area (TPSA) is 52.5 Å². The maximum atomic E-state index is 9.07. The van der Waals surface area contributed by atoms with Gasteiger partial charge in [-0.15, -0.1) is 0 Å². The molecule has 0 aromatic carbocycles. The van der Waals surface area contributed by atoms with Gasteiger partial charge >= 0.3 is 0 Å². The van der Waals surface area contributed by atoms with Crippen LogP contribution in [0.15, 0.2) is 0 Å². The Hall–Kier alpha value is -0.120. The number of hydrogen-bond acceptors (Lipinski definition) is 3. The molecule has 0 rings (SSSR count). The lowest BCUT2D eigenvalue weighted by molar-refractivity contribution is 0.0899. The molecule has 0 radical (unpaired) electrons. The van der Waals surface area contributed by atoms with Crippen LogP contribution in [0.4, 0.5) is 0 Å². The summed E-state index contributed by atoms with van der Waals surface area (Å²) in [6.07, 6.45) is 0.424. The number of aliphatic hydroxyl groups is 2. The van der Waals surface area contributed by atoms with Gasteiger partial charge in [0.25, 0.3) is 0 Å². The van der Waals surface area contributed by atoms with Gasteiger partial charge in [0.2, 0.25) is 0 Å². The summed E-state index contributed by atoms with van der Waals surface area (Å²) in [6.45, 7) is 6.72. The zero-order valence-corrected chi connectivity index (χ0v) is 8.25. The highest BCUT2D eigenvalue weighted by molar-refractivity contribution is 4.70. The van der Waals surface area contributed by atoms with Crippen molar-refractivity contribution >= 4 is 0 Å². The molecule has 2 atom stereocenters. The molecule has 0 amide bonds. The first kappa shape index (κ1) is 11.9. The van der Waals surface area contributed by atoms with E-state index in [4.69, 9.17) is 10.2 Å². The summed E-state index contributed by atoms with van der Waals surface area (Å²) in [6, 6.07) is 0.436. The van der Waals surface area contributed by atoms with Crippen molar-refractivity contribution in [1.82, 2.24) is 5.32 Å². The molecule has 3 nitrogen and oxygen atoms in total. The van der Waals surface area contributed by atoms with Gasteiger partial charge in [0.05, 0.1) is 12.7 Å². The fraction of sp³-hybridized carbons (Fsp3) is 1.00. The van der Waals surface area contributed by atoms with Crippen molar-refractivity contribution in [3.8, 4) is 0 Å². The van der Waals surface area contributed by atoms with Crippen molar-refractivity contribution in [2.75, 3.05) is 13.2 Å². The standard InChI is InChI=1S/C9H21NO2/c1-4-9(7(2)3)10-5-8(12)6-11/h7-12H,4-6H2,1-3H3/t8-,9?/m0/s1. The summed E-state index contributed by atoms with van der Waals surface area (Å²) in [5.41, 5.74) is 0. The minimum atomic E-state index is -0.627. The number of nitrogens with one attached hydrogen (secondary N) is 1. The van der Waals surface area contributed by atoms with Gasteiger partial charge in [-0.2, -0.15) is 0 Å². The lowest BCUT2D eigenvalue weighted by atomic mass is 10.0. The summed E-state index contributed by atoms with van der Waals surface area (Å²) in [4.78, 5) is 0. The van der Waals surface area contributed by atoms with E-state index >= 15 is 0 Å². The van der Waals surface area contributed by atoms with E-state index in [1.54, 1.807) is 0 Å². The van der Waals surface area contributed by atoms with Gasteiger partial charge in [0.1, 0.15) is 0 Å². The highest BCUT2D eigenvalue weighted by Gasteiger charge is 2.11. The van der Waals surface area contributed by atoms with E-state index in [2.05, 4.69) is 26.1 Å². The zero-order valence-electron chi connectivity index (χ0n) is 8.25. The summed E-state index contributed by atoms with van der Waals surface area (Å²) < 4.78 is 0. The second-order valence-electron chi connectivity index (χ2n) is 3.50. The summed E-state index contributed by atoms with van der Waals surface area (Å²) in [5, 5.41) is 20.9. The predicted octanol–water partition coefficient (Wildman–Crippen LogP) is 0.364. The largest absolute Gasteiger partial charge is 0.394 e. The molecule has 74 valence electrons. The van der Waals surface area contributed by atoms with Gasteiger partial charge < -0.3 is 15.5 Å². The van der Waals surface area contributed by atoms with Crippen LogP contribution < -0.4 is 5.32 Å². The summed E-state index contributed by atoms with van der Waals surface area (Å²) in [5.74, 6) is 0.570. The summed E-state index contributed by atoms with van der Waals surface area (Å²) >= 11 is 0. The summed E-state index contributed by atoms with van der Waals surface area (Å²) in [7, 11) is 0. The van der Waals surface area contributed by atoms with Gasteiger partial charge in [-0.1, -0.05) is 20.8 Å². The van der Waals surface area contributed by atoms with Crippen molar-refractivity contribution in [1.29, 1.82) is 0 Å². The molecule has 3 N–H and O–H groups in total. The van der Waals surface area contributed by atoms with Crippen LogP contribution in [-0.2, 0) is 0 Å². The Labute approximate surface area is 74.8 Å². The molecular weight excluding hydrogens is 154 g/mol. The molecule has 0 aliphatic carbocycles. The monoisotopic (exact) mass is 175 g/mol. The first-order valence-electron chi connectivity index (χ1n) is 4.64.